The van der Waals surface area contributed by atoms with Gasteiger partial charge in [-0.2, -0.15) is 0 Å². The Morgan fingerprint density at radius 2 is 2.00 bits per heavy atom. The van der Waals surface area contributed by atoms with Gasteiger partial charge in [0.2, 0.25) is 0 Å². The van der Waals surface area contributed by atoms with E-state index in [0.29, 0.717) is 5.56 Å². The number of hydrogen-bond acceptors (Lipinski definition) is 1. The monoisotopic (exact) mass is 405 g/mol. The van der Waals surface area contributed by atoms with Gasteiger partial charge in [-0.25, -0.2) is 5.56 Å². The van der Waals surface area contributed by atoms with Crippen LogP contribution in [0.15, 0.2) is 6.07 Å². The Labute approximate surface area is 112 Å². The van der Waals surface area contributed by atoms with Crippen LogP contribution in [0.5, 0.6) is 0 Å². The summed E-state index contributed by atoms with van der Waals surface area (Å²) in [6.07, 6.45) is 0.816. The van der Waals surface area contributed by atoms with Gasteiger partial charge in [0.1, 0.15) is 6.29 Å². The average molecular weight is 405 g/mol. The third kappa shape index (κ3) is 4.07. The summed E-state index contributed by atoms with van der Waals surface area (Å²) in [5.41, 5.74) is 2.45. The summed E-state index contributed by atoms with van der Waals surface area (Å²) in [6, 6.07) is 7.66. The summed E-state index contributed by atoms with van der Waals surface area (Å²) in [7, 11) is 0. The van der Waals surface area contributed by atoms with Crippen molar-refractivity contribution >= 4 is 6.29 Å². The van der Waals surface area contributed by atoms with Crippen LogP contribution in [0.2, 0.25) is 0 Å². The molecule has 0 spiro atoms. The minimum absolute atomic E-state index is 0. The molecule has 0 aliphatic rings. The van der Waals surface area contributed by atoms with Crippen molar-refractivity contribution in [3.05, 3.63) is 34.9 Å². The van der Waals surface area contributed by atoms with Crippen LogP contribution in [0, 0.1) is 26.0 Å². The van der Waals surface area contributed by atoms with Crippen LogP contribution in [0.4, 0.5) is 0 Å². The molecular weight excluding hydrogens is 397 g/mol. The van der Waals surface area contributed by atoms with E-state index in [-0.39, 0.29) is 53.8 Å². The van der Waals surface area contributed by atoms with E-state index in [2.05, 4.69) is 12.1 Å². The predicted molar refractivity (Wildman–Crippen MR) is 39.0 cm³/mol. The molecule has 61 valence electrons. The van der Waals surface area contributed by atoms with E-state index < -0.39 is 0 Å². The number of rotatable bonds is 1. The van der Waals surface area contributed by atoms with Crippen molar-refractivity contribution in [2.45, 2.75) is 13.8 Å². The predicted octanol–water partition coefficient (Wildman–Crippen LogP) is 1.71. The molecule has 0 aromatic heterocycles. The van der Waals surface area contributed by atoms with Crippen molar-refractivity contribution in [2.24, 2.45) is 0 Å². The maximum atomic E-state index is 10.3. The summed E-state index contributed by atoms with van der Waals surface area (Å²) in [6.45, 7) is 3.74. The van der Waals surface area contributed by atoms with E-state index in [9.17, 15) is 4.79 Å². The van der Waals surface area contributed by atoms with Crippen LogP contribution in [0.1, 0.15) is 21.5 Å². The molecule has 0 amide bonds. The van der Waals surface area contributed by atoms with Crippen LogP contribution in [0.25, 0.3) is 0 Å². The quantitative estimate of drug-likeness (QED) is 0.514. The summed E-state index contributed by atoms with van der Waals surface area (Å²) >= 11 is 0. The number of hydrogen-bond donors (Lipinski definition) is 0. The Kier molecular flexibility index (Phi) is 9.00. The van der Waals surface area contributed by atoms with Gasteiger partial charge in [-0.15, -0.1) is 6.92 Å². The maximum Gasteiger partial charge on any atom is 0.103 e. The molecule has 0 aliphatic carbocycles. The molecule has 0 saturated heterocycles. The van der Waals surface area contributed by atoms with Crippen LogP contribution in [-0.4, -0.2) is 6.29 Å². The van der Waals surface area contributed by atoms with E-state index in [1.165, 1.54) is 0 Å². The molecule has 0 bridgehead atoms. The van der Waals surface area contributed by atoms with E-state index in [1.54, 1.807) is 6.07 Å². The Morgan fingerprint density at radius 3 is 2.42 bits per heavy atom. The summed E-state index contributed by atoms with van der Waals surface area (Å²) in [4.78, 5) is 10.3. The van der Waals surface area contributed by atoms with Gasteiger partial charge in [-0.3, -0.25) is 17.2 Å². The first kappa shape index (κ1) is 15.2. The van der Waals surface area contributed by atoms with Gasteiger partial charge in [0.15, 0.2) is 0 Å². The molecule has 0 N–H and O–H groups in total. The topological polar surface area (TPSA) is 17.1 Å². The van der Waals surface area contributed by atoms with Crippen molar-refractivity contribution in [2.75, 3.05) is 0 Å². The Hall–Kier alpha value is 0.682. The summed E-state index contributed by atoms with van der Waals surface area (Å²) in [5.74, 6) is 0. The Bertz CT molecular complexity index is 261. The van der Waals surface area contributed by atoms with E-state index in [4.69, 9.17) is 0 Å². The largest absolute Gasteiger partial charge is 0.356 e. The van der Waals surface area contributed by atoms with Crippen LogP contribution >= 0.6 is 0 Å². The van der Waals surface area contributed by atoms with Crippen LogP contribution in [-0.2, 0) is 53.8 Å². The minimum atomic E-state index is 0. The third-order valence-electron chi connectivity index (χ3n) is 1.37. The van der Waals surface area contributed by atoms with Gasteiger partial charge < -0.3 is 16.9 Å². The number of carbonyl (C=O) groups is 1. The molecule has 0 heterocycles. The normalized spacial score (nSPS) is 7.83. The molecule has 1 rings (SSSR count). The molecule has 1 nitrogen and oxygen atoms in total. The first-order valence-corrected chi connectivity index (χ1v) is 3.10. The molecule has 12 heavy (non-hydrogen) atoms. The second kappa shape index (κ2) is 7.12. The van der Waals surface area contributed by atoms with Crippen molar-refractivity contribution in [1.29, 1.82) is 0 Å². The Morgan fingerprint density at radius 1 is 1.42 bits per heavy atom. The summed E-state index contributed by atoms with van der Waals surface area (Å²) in [5, 5.41) is 0. The second-order valence-electron chi connectivity index (χ2n) is 2.25. The number of aryl methyl sites for hydroxylation is 2. The zero-order valence-corrected chi connectivity index (χ0v) is 12.8. The van der Waals surface area contributed by atoms with Gasteiger partial charge in [0.25, 0.3) is 0 Å². The van der Waals surface area contributed by atoms with Gasteiger partial charge in [-0.05, 0) is 0 Å². The molecule has 0 fully saturated rings. The molecule has 1 radical (unpaired) electrons. The van der Waals surface area contributed by atoms with E-state index in [0.717, 1.165) is 17.4 Å². The molecular formula is C9H8OWY-2. The van der Waals surface area contributed by atoms with Crippen molar-refractivity contribution < 1.29 is 58.6 Å². The molecule has 0 unspecified atom stereocenters. The van der Waals surface area contributed by atoms with E-state index in [1.807, 2.05) is 13.8 Å². The van der Waals surface area contributed by atoms with Gasteiger partial charge in [0, 0.05) is 53.8 Å². The zero-order valence-electron chi connectivity index (χ0n) is 7.05. The fourth-order valence-electron chi connectivity index (χ4n) is 0.753. The second-order valence-corrected chi connectivity index (χ2v) is 2.25. The average Bonchev–Trinajstić information content (AvgIpc) is 1.94. The minimum Gasteiger partial charge on any atom is -0.356 e. The van der Waals surface area contributed by atoms with Crippen LogP contribution < -0.4 is 0 Å². The van der Waals surface area contributed by atoms with Gasteiger partial charge in [-0.1, -0.05) is 6.92 Å². The number of benzene rings is 1. The number of carbonyl (C=O) groups excluding carboxylic acids is 1. The Balaban J connectivity index is 0. The van der Waals surface area contributed by atoms with Crippen molar-refractivity contribution in [3.8, 4) is 0 Å². The van der Waals surface area contributed by atoms with E-state index >= 15 is 0 Å². The molecule has 0 atom stereocenters. The van der Waals surface area contributed by atoms with Gasteiger partial charge >= 0.3 is 0 Å². The first-order chi connectivity index (χ1) is 4.74. The SMILES string of the molecule is Cc1[c-]cc(C)c(C=O)[c-]1.[W].[Y]. The molecule has 1 aromatic rings. The third-order valence-corrected chi connectivity index (χ3v) is 1.37. The smallest absolute Gasteiger partial charge is 0.103 e. The number of aldehydes is 1. The molecule has 0 saturated carbocycles. The molecule has 3 heteroatoms. The van der Waals surface area contributed by atoms with Crippen LogP contribution in [0.3, 0.4) is 0 Å². The fraction of sp³-hybridized carbons (Fsp3) is 0.222. The first-order valence-electron chi connectivity index (χ1n) is 3.10. The van der Waals surface area contributed by atoms with Gasteiger partial charge in [0.05, 0.1) is 0 Å². The molecule has 0 aliphatic heterocycles. The van der Waals surface area contributed by atoms with Crippen molar-refractivity contribution in [1.82, 2.24) is 0 Å². The fourth-order valence-corrected chi connectivity index (χ4v) is 0.753. The van der Waals surface area contributed by atoms with Crippen molar-refractivity contribution in [3.63, 3.8) is 0 Å². The maximum absolute atomic E-state index is 10.3. The zero-order chi connectivity index (χ0) is 7.56. The standard InChI is InChI=1S/C9H8O.W.Y/c1-7-3-4-8(2)9(5-7)6-10;;/h4,6H,1-2H3;;/q-2;;. The molecule has 1 aromatic carbocycles. The summed E-state index contributed by atoms with van der Waals surface area (Å²) < 4.78 is 0.